The van der Waals surface area contributed by atoms with Gasteiger partial charge in [0, 0.05) is 29.3 Å². The van der Waals surface area contributed by atoms with Crippen LogP contribution in [-0.4, -0.2) is 74.8 Å². The molecule has 0 bridgehead atoms. The van der Waals surface area contributed by atoms with E-state index in [0.29, 0.717) is 12.0 Å². The molecule has 0 aliphatic rings. The van der Waals surface area contributed by atoms with Crippen LogP contribution in [0.4, 0.5) is 0 Å². The van der Waals surface area contributed by atoms with E-state index >= 15 is 0 Å². The molecule has 1 aromatic carbocycles. The van der Waals surface area contributed by atoms with Gasteiger partial charge >= 0.3 is 11.9 Å². The second-order valence-corrected chi connectivity index (χ2v) is 9.15. The van der Waals surface area contributed by atoms with Gasteiger partial charge in [-0.15, -0.1) is 0 Å². The molecule has 13 heteroatoms. The minimum Gasteiger partial charge on any atom is -0.481 e. The van der Waals surface area contributed by atoms with Crippen LogP contribution in [-0.2, 0) is 30.4 Å². The highest BCUT2D eigenvalue weighted by Gasteiger charge is 2.32. The van der Waals surface area contributed by atoms with Crippen LogP contribution in [0.3, 0.4) is 0 Å². The van der Waals surface area contributed by atoms with Gasteiger partial charge in [0.05, 0.1) is 12.5 Å². The SMILES string of the molecule is CCC(C)C(NC(=O)C(CS)NC(=O)C(Cc1c[nH]c2ccccc12)NC(=O)C(N)CC(=O)O)C(=O)O. The maximum atomic E-state index is 13.2. The van der Waals surface area contributed by atoms with Crippen molar-refractivity contribution in [2.75, 3.05) is 5.75 Å². The van der Waals surface area contributed by atoms with Crippen molar-refractivity contribution in [3.05, 3.63) is 36.0 Å². The smallest absolute Gasteiger partial charge is 0.326 e. The maximum Gasteiger partial charge on any atom is 0.326 e. The Bertz CT molecular complexity index is 1140. The molecule has 37 heavy (non-hydrogen) atoms. The first-order valence-electron chi connectivity index (χ1n) is 11.8. The molecule has 2 rings (SSSR count). The highest BCUT2D eigenvalue weighted by atomic mass is 32.1. The van der Waals surface area contributed by atoms with Crippen LogP contribution >= 0.6 is 12.6 Å². The second kappa shape index (κ2) is 13.7. The summed E-state index contributed by atoms with van der Waals surface area (Å²) < 4.78 is 0. The zero-order valence-corrected chi connectivity index (χ0v) is 21.5. The van der Waals surface area contributed by atoms with Crippen LogP contribution < -0.4 is 21.7 Å². The number of carboxylic acid groups (broad SMARTS) is 2. The average molecular weight is 536 g/mol. The summed E-state index contributed by atoms with van der Waals surface area (Å²) in [7, 11) is 0. The van der Waals surface area contributed by atoms with Crippen molar-refractivity contribution in [1.29, 1.82) is 0 Å². The molecule has 12 nitrogen and oxygen atoms in total. The van der Waals surface area contributed by atoms with Gasteiger partial charge in [-0.05, 0) is 17.5 Å². The number of hydrogen-bond acceptors (Lipinski definition) is 7. The van der Waals surface area contributed by atoms with E-state index in [1.165, 1.54) is 0 Å². The Morgan fingerprint density at radius 3 is 2.22 bits per heavy atom. The molecule has 0 fully saturated rings. The van der Waals surface area contributed by atoms with Crippen molar-refractivity contribution in [2.45, 2.75) is 57.3 Å². The molecule has 5 unspecified atom stereocenters. The Hall–Kier alpha value is -3.58. The zero-order valence-electron chi connectivity index (χ0n) is 20.6. The lowest BCUT2D eigenvalue weighted by Gasteiger charge is -2.25. The monoisotopic (exact) mass is 535 g/mol. The molecule has 0 saturated heterocycles. The summed E-state index contributed by atoms with van der Waals surface area (Å²) in [6, 6.07) is 2.35. The van der Waals surface area contributed by atoms with Crippen molar-refractivity contribution in [1.82, 2.24) is 20.9 Å². The number of carbonyl (C=O) groups is 5. The largest absolute Gasteiger partial charge is 0.481 e. The van der Waals surface area contributed by atoms with Crippen LogP contribution in [0.2, 0.25) is 0 Å². The molecule has 0 aliphatic heterocycles. The molecule has 0 saturated carbocycles. The first-order valence-corrected chi connectivity index (χ1v) is 12.4. The third-order valence-electron chi connectivity index (χ3n) is 6.06. The lowest BCUT2D eigenvalue weighted by Crippen LogP contribution is -2.58. The number of aromatic nitrogens is 1. The zero-order chi connectivity index (χ0) is 27.7. The van der Waals surface area contributed by atoms with E-state index in [0.717, 1.165) is 10.9 Å². The molecule has 0 radical (unpaired) electrons. The Labute approximate surface area is 219 Å². The Kier molecular flexibility index (Phi) is 10.9. The molecule has 1 aromatic heterocycles. The molecule has 0 spiro atoms. The van der Waals surface area contributed by atoms with Crippen molar-refractivity contribution in [3.63, 3.8) is 0 Å². The molecule has 1 heterocycles. The number of carboxylic acids is 2. The third-order valence-corrected chi connectivity index (χ3v) is 6.42. The van der Waals surface area contributed by atoms with E-state index < -0.39 is 60.2 Å². The minimum atomic E-state index is -1.40. The summed E-state index contributed by atoms with van der Waals surface area (Å²) in [6.07, 6.45) is 1.55. The van der Waals surface area contributed by atoms with Gasteiger partial charge in [0.1, 0.15) is 18.1 Å². The van der Waals surface area contributed by atoms with Gasteiger partial charge in [0.25, 0.3) is 0 Å². The summed E-state index contributed by atoms with van der Waals surface area (Å²) >= 11 is 4.12. The van der Waals surface area contributed by atoms with Gasteiger partial charge in [-0.2, -0.15) is 12.6 Å². The van der Waals surface area contributed by atoms with Crippen molar-refractivity contribution in [2.24, 2.45) is 11.7 Å². The topological polar surface area (TPSA) is 204 Å². The van der Waals surface area contributed by atoms with Crippen molar-refractivity contribution >= 4 is 53.2 Å². The number of para-hydroxylation sites is 1. The summed E-state index contributed by atoms with van der Waals surface area (Å²) in [6.45, 7) is 3.47. The molecule has 8 N–H and O–H groups in total. The fraction of sp³-hybridized carbons (Fsp3) is 0.458. The molecule has 3 amide bonds. The van der Waals surface area contributed by atoms with Crippen molar-refractivity contribution in [3.8, 4) is 0 Å². The molecule has 5 atom stereocenters. The lowest BCUT2D eigenvalue weighted by atomic mass is 9.99. The van der Waals surface area contributed by atoms with Gasteiger partial charge in [-0.25, -0.2) is 4.79 Å². The van der Waals surface area contributed by atoms with Crippen LogP contribution in [0.1, 0.15) is 32.3 Å². The fourth-order valence-electron chi connectivity index (χ4n) is 3.69. The minimum absolute atomic E-state index is 0.00685. The Morgan fingerprint density at radius 2 is 1.62 bits per heavy atom. The van der Waals surface area contributed by atoms with Crippen LogP contribution in [0.15, 0.2) is 30.5 Å². The highest BCUT2D eigenvalue weighted by molar-refractivity contribution is 7.80. The second-order valence-electron chi connectivity index (χ2n) is 8.78. The summed E-state index contributed by atoms with van der Waals surface area (Å²) in [5.41, 5.74) is 7.17. The number of amides is 3. The standard InChI is InChI=1S/C24H33N5O7S/c1-3-12(2)20(24(35)36)29-23(34)18(11-37)28-22(33)17(27-21(32)15(25)9-19(30)31)8-13-10-26-16-7-5-4-6-14(13)16/h4-7,10,12,15,17-18,20,26,37H,3,8-9,11,25H2,1-2H3,(H,27,32)(H,28,33)(H,29,34)(H,30,31)(H,35,36). The molecular weight excluding hydrogens is 502 g/mol. The predicted molar refractivity (Wildman–Crippen MR) is 139 cm³/mol. The van der Waals surface area contributed by atoms with Gasteiger partial charge in [0.2, 0.25) is 17.7 Å². The van der Waals surface area contributed by atoms with E-state index in [4.69, 9.17) is 10.8 Å². The number of aromatic amines is 1. The lowest BCUT2D eigenvalue weighted by molar-refractivity contribution is -0.143. The van der Waals surface area contributed by atoms with Gasteiger partial charge < -0.3 is 36.9 Å². The molecule has 2 aromatic rings. The molecule has 0 aliphatic carbocycles. The number of H-pyrrole nitrogens is 1. The predicted octanol–water partition coefficient (Wildman–Crippen LogP) is 0.0273. The number of hydrogen-bond donors (Lipinski definition) is 8. The number of fused-ring (bicyclic) bond motifs is 1. The van der Waals surface area contributed by atoms with Gasteiger partial charge in [0.15, 0.2) is 0 Å². The Morgan fingerprint density at radius 1 is 1.00 bits per heavy atom. The van der Waals surface area contributed by atoms with Gasteiger partial charge in [-0.3, -0.25) is 19.2 Å². The highest BCUT2D eigenvalue weighted by Crippen LogP contribution is 2.19. The molecule has 202 valence electrons. The summed E-state index contributed by atoms with van der Waals surface area (Å²) in [5.74, 6) is -5.32. The Balaban J connectivity index is 2.25. The third kappa shape index (κ3) is 8.22. The normalized spacial score (nSPS) is 15.1. The number of rotatable bonds is 14. The van der Waals surface area contributed by atoms with E-state index in [1.807, 2.05) is 24.3 Å². The van der Waals surface area contributed by atoms with Gasteiger partial charge in [-0.1, -0.05) is 38.5 Å². The van der Waals surface area contributed by atoms with E-state index in [1.54, 1.807) is 20.0 Å². The molecular formula is C24H33N5O7S. The first kappa shape index (κ1) is 29.6. The average Bonchev–Trinajstić information content (AvgIpc) is 3.26. The van der Waals surface area contributed by atoms with E-state index in [9.17, 15) is 29.1 Å². The number of benzene rings is 1. The van der Waals surface area contributed by atoms with Crippen LogP contribution in [0.5, 0.6) is 0 Å². The number of carbonyl (C=O) groups excluding carboxylic acids is 3. The van der Waals surface area contributed by atoms with Crippen LogP contribution in [0, 0.1) is 5.92 Å². The fourth-order valence-corrected chi connectivity index (χ4v) is 3.95. The van der Waals surface area contributed by atoms with Crippen molar-refractivity contribution < 1.29 is 34.2 Å². The van der Waals surface area contributed by atoms with E-state index in [-0.39, 0.29) is 18.1 Å². The number of nitrogens with one attached hydrogen (secondary N) is 4. The number of thiol groups is 1. The first-order chi connectivity index (χ1) is 17.5. The van der Waals surface area contributed by atoms with E-state index in [2.05, 4.69) is 33.6 Å². The quantitative estimate of drug-likeness (QED) is 0.155. The maximum absolute atomic E-state index is 13.2. The van der Waals surface area contributed by atoms with Crippen LogP contribution in [0.25, 0.3) is 10.9 Å². The number of nitrogens with two attached hydrogens (primary N) is 1. The summed E-state index contributed by atoms with van der Waals surface area (Å²) in [4.78, 5) is 64.2. The summed E-state index contributed by atoms with van der Waals surface area (Å²) in [5, 5.41) is 26.6. The number of aliphatic carboxylic acids is 2.